The zero-order valence-electron chi connectivity index (χ0n) is 33.7. The number of hydrogen-bond donors (Lipinski definition) is 3. The summed E-state index contributed by atoms with van der Waals surface area (Å²) in [7, 11) is 1.58. The van der Waals surface area contributed by atoms with E-state index in [1.54, 1.807) is 6.08 Å². The van der Waals surface area contributed by atoms with E-state index in [0.717, 1.165) is 32.1 Å². The van der Waals surface area contributed by atoms with Crippen LogP contribution < -0.4 is 5.32 Å². The van der Waals surface area contributed by atoms with Crippen LogP contribution in [-0.4, -0.2) is 73.4 Å². The maximum absolute atomic E-state index is 12.8. The van der Waals surface area contributed by atoms with Gasteiger partial charge in [-0.25, -0.2) is 4.57 Å². The molecule has 1 amide bonds. The molecule has 0 saturated carbocycles. The van der Waals surface area contributed by atoms with Crippen LogP contribution in [0.15, 0.2) is 12.2 Å². The Labute approximate surface area is 310 Å². The van der Waals surface area contributed by atoms with E-state index in [1.807, 2.05) is 27.2 Å². The molecule has 50 heavy (non-hydrogen) atoms. The number of phosphoric ester groups is 1. The SMILES string of the molecule is CCCCCCCCCCCCCCCC/C=C/[C@@H](O)[C@H](COP(=O)(O)OCC[N+](C)(C)C)NC(=O)CCCCCCCCCCCCCC. The quantitative estimate of drug-likeness (QED) is 0.0253. The van der Waals surface area contributed by atoms with Crippen molar-refractivity contribution in [2.45, 2.75) is 206 Å². The van der Waals surface area contributed by atoms with Gasteiger partial charge in [-0.1, -0.05) is 180 Å². The van der Waals surface area contributed by atoms with E-state index >= 15 is 0 Å². The van der Waals surface area contributed by atoms with Gasteiger partial charge in [0.2, 0.25) is 5.91 Å². The van der Waals surface area contributed by atoms with Crippen LogP contribution in [0.1, 0.15) is 194 Å². The first-order chi connectivity index (χ1) is 24.0. The molecule has 0 spiro atoms. The van der Waals surface area contributed by atoms with Gasteiger partial charge in [-0.05, 0) is 19.3 Å². The van der Waals surface area contributed by atoms with E-state index in [9.17, 15) is 19.4 Å². The number of carbonyl (C=O) groups is 1. The summed E-state index contributed by atoms with van der Waals surface area (Å²) in [5, 5.41) is 13.8. The van der Waals surface area contributed by atoms with E-state index in [4.69, 9.17) is 9.05 Å². The summed E-state index contributed by atoms with van der Waals surface area (Å²) in [6, 6.07) is -0.838. The van der Waals surface area contributed by atoms with Gasteiger partial charge in [-0.2, -0.15) is 0 Å². The molecule has 0 aliphatic carbocycles. The van der Waals surface area contributed by atoms with Crippen molar-refractivity contribution in [1.82, 2.24) is 5.32 Å². The third kappa shape index (κ3) is 35.6. The molecule has 0 aliphatic rings. The van der Waals surface area contributed by atoms with Gasteiger partial charge in [0, 0.05) is 6.42 Å². The molecule has 0 heterocycles. The Morgan fingerprint density at radius 3 is 1.48 bits per heavy atom. The number of nitrogens with zero attached hydrogens (tertiary/aromatic N) is 1. The van der Waals surface area contributed by atoms with E-state index in [-0.39, 0.29) is 19.1 Å². The highest BCUT2D eigenvalue weighted by atomic mass is 31.2. The molecular weight excluding hydrogens is 647 g/mol. The number of rotatable bonds is 38. The van der Waals surface area contributed by atoms with Crippen LogP contribution in [-0.2, 0) is 18.4 Å². The van der Waals surface area contributed by atoms with Gasteiger partial charge in [-0.15, -0.1) is 0 Å². The molecule has 0 fully saturated rings. The zero-order valence-corrected chi connectivity index (χ0v) is 34.5. The highest BCUT2D eigenvalue weighted by molar-refractivity contribution is 7.47. The largest absolute Gasteiger partial charge is 0.472 e. The van der Waals surface area contributed by atoms with Crippen LogP contribution in [0, 0.1) is 0 Å². The second-order valence-electron chi connectivity index (χ2n) is 15.7. The van der Waals surface area contributed by atoms with Crippen molar-refractivity contribution in [3.63, 3.8) is 0 Å². The first-order valence-electron chi connectivity index (χ1n) is 21.1. The summed E-state index contributed by atoms with van der Waals surface area (Å²) in [6.07, 6.45) is 37.0. The van der Waals surface area contributed by atoms with Crippen molar-refractivity contribution < 1.29 is 32.9 Å². The predicted molar refractivity (Wildman–Crippen MR) is 212 cm³/mol. The molecule has 298 valence electrons. The molecule has 1 unspecified atom stereocenters. The van der Waals surface area contributed by atoms with Crippen LogP contribution in [0.3, 0.4) is 0 Å². The third-order valence-electron chi connectivity index (χ3n) is 9.51. The number of likely N-dealkylation sites (N-methyl/N-ethyl adjacent to an activating group) is 1. The van der Waals surface area contributed by atoms with Crippen LogP contribution >= 0.6 is 7.82 Å². The highest BCUT2D eigenvalue weighted by Crippen LogP contribution is 2.43. The molecule has 0 saturated heterocycles. The van der Waals surface area contributed by atoms with Gasteiger partial charge in [0.05, 0.1) is 39.9 Å². The lowest BCUT2D eigenvalue weighted by molar-refractivity contribution is -0.870. The number of nitrogens with one attached hydrogen (secondary N) is 1. The first kappa shape index (κ1) is 49.2. The third-order valence-corrected chi connectivity index (χ3v) is 10.5. The lowest BCUT2D eigenvalue weighted by atomic mass is 10.0. The summed E-state index contributed by atoms with van der Waals surface area (Å²) in [5.41, 5.74) is 0. The van der Waals surface area contributed by atoms with Gasteiger partial charge < -0.3 is 19.8 Å². The molecule has 0 radical (unpaired) electrons. The summed E-state index contributed by atoms with van der Waals surface area (Å²) < 4.78 is 23.5. The number of unbranched alkanes of at least 4 members (excludes halogenated alkanes) is 25. The Kier molecular flexibility index (Phi) is 33.5. The molecule has 0 aromatic heterocycles. The van der Waals surface area contributed by atoms with Crippen molar-refractivity contribution in [2.24, 2.45) is 0 Å². The second-order valence-corrected chi connectivity index (χ2v) is 17.2. The fourth-order valence-electron chi connectivity index (χ4n) is 6.10. The number of carbonyl (C=O) groups excluding carboxylic acids is 1. The van der Waals surface area contributed by atoms with E-state index in [0.29, 0.717) is 17.4 Å². The number of amides is 1. The van der Waals surface area contributed by atoms with Crippen LogP contribution in [0.2, 0.25) is 0 Å². The standard InChI is InChI=1S/C41H83N2O6P/c1-6-8-10-12-14-16-18-20-21-22-23-24-26-28-30-32-34-40(44)39(38-49-50(46,47)48-37-36-43(3,4)5)42-41(45)35-33-31-29-27-25-19-17-15-13-11-9-7-2/h32,34,39-40,44H,6-31,33,35-38H2,1-5H3,(H-,42,45,46,47)/p+1/b34-32+/t39-,40+/m0/s1. The number of phosphoric acid groups is 1. The van der Waals surface area contributed by atoms with Gasteiger partial charge in [0.1, 0.15) is 13.2 Å². The number of aliphatic hydroxyl groups is 1. The first-order valence-corrected chi connectivity index (χ1v) is 22.6. The second kappa shape index (κ2) is 34.0. The average molecular weight is 732 g/mol. The molecule has 0 aromatic rings. The fraction of sp³-hybridized carbons (Fsp3) is 0.927. The molecule has 0 rings (SSSR count). The molecule has 0 aliphatic heterocycles. The van der Waals surface area contributed by atoms with Crippen LogP contribution in [0.25, 0.3) is 0 Å². The minimum absolute atomic E-state index is 0.0644. The summed E-state index contributed by atoms with van der Waals surface area (Å²) in [6.45, 7) is 4.81. The summed E-state index contributed by atoms with van der Waals surface area (Å²) in [5.74, 6) is -0.177. The van der Waals surface area contributed by atoms with Crippen molar-refractivity contribution >= 4 is 13.7 Å². The summed E-state index contributed by atoms with van der Waals surface area (Å²) >= 11 is 0. The van der Waals surface area contributed by atoms with Crippen LogP contribution in [0.5, 0.6) is 0 Å². The number of allylic oxidation sites excluding steroid dienone is 1. The van der Waals surface area contributed by atoms with Gasteiger partial charge in [0.25, 0.3) is 0 Å². The maximum Gasteiger partial charge on any atom is 0.472 e. The number of aliphatic hydroxyl groups excluding tert-OH is 1. The lowest BCUT2D eigenvalue weighted by Crippen LogP contribution is -2.45. The number of quaternary nitrogens is 1. The Morgan fingerprint density at radius 1 is 0.660 bits per heavy atom. The maximum atomic E-state index is 12.8. The van der Waals surface area contributed by atoms with Crippen molar-refractivity contribution in [3.8, 4) is 0 Å². The predicted octanol–water partition coefficient (Wildman–Crippen LogP) is 11.2. The molecular formula is C41H84N2O6P+. The van der Waals surface area contributed by atoms with Crippen LogP contribution in [0.4, 0.5) is 0 Å². The minimum atomic E-state index is -4.33. The Bertz CT molecular complexity index is 834. The minimum Gasteiger partial charge on any atom is -0.387 e. The Hall–Kier alpha value is -0.760. The monoisotopic (exact) mass is 732 g/mol. The fourth-order valence-corrected chi connectivity index (χ4v) is 6.84. The van der Waals surface area contributed by atoms with Crippen molar-refractivity contribution in [2.75, 3.05) is 40.9 Å². The van der Waals surface area contributed by atoms with E-state index in [1.165, 1.54) is 141 Å². The zero-order chi connectivity index (χ0) is 37.2. The van der Waals surface area contributed by atoms with Gasteiger partial charge in [-0.3, -0.25) is 13.8 Å². The lowest BCUT2D eigenvalue weighted by Gasteiger charge is -2.25. The Balaban J connectivity index is 4.45. The Morgan fingerprint density at radius 2 is 1.06 bits per heavy atom. The normalized spacial score (nSPS) is 14.6. The highest BCUT2D eigenvalue weighted by Gasteiger charge is 2.27. The molecule has 0 bridgehead atoms. The van der Waals surface area contributed by atoms with E-state index in [2.05, 4.69) is 19.2 Å². The molecule has 3 atom stereocenters. The van der Waals surface area contributed by atoms with Crippen molar-refractivity contribution in [1.29, 1.82) is 0 Å². The average Bonchev–Trinajstić information content (AvgIpc) is 3.06. The topological polar surface area (TPSA) is 105 Å². The number of hydrogen-bond acceptors (Lipinski definition) is 5. The summed E-state index contributed by atoms with van der Waals surface area (Å²) in [4.78, 5) is 23.0. The smallest absolute Gasteiger partial charge is 0.387 e. The molecule has 8 nitrogen and oxygen atoms in total. The van der Waals surface area contributed by atoms with Crippen molar-refractivity contribution in [3.05, 3.63) is 12.2 Å². The van der Waals surface area contributed by atoms with Gasteiger partial charge >= 0.3 is 7.82 Å². The molecule has 0 aromatic carbocycles. The van der Waals surface area contributed by atoms with Gasteiger partial charge in [0.15, 0.2) is 0 Å². The van der Waals surface area contributed by atoms with E-state index < -0.39 is 20.0 Å². The molecule has 9 heteroatoms. The molecule has 3 N–H and O–H groups in total.